The average molecular weight is 359 g/mol. The van der Waals surface area contributed by atoms with Gasteiger partial charge in [-0.25, -0.2) is 0 Å². The van der Waals surface area contributed by atoms with E-state index in [1.807, 2.05) is 0 Å². The fraction of sp³-hybridized carbons (Fsp3) is 0.947. The van der Waals surface area contributed by atoms with E-state index in [2.05, 4.69) is 55.1 Å². The van der Waals surface area contributed by atoms with Crippen molar-refractivity contribution in [2.45, 2.75) is 66.0 Å². The summed E-state index contributed by atoms with van der Waals surface area (Å²) in [5, 5.41) is 6.71. The number of nitrogens with zero attached hydrogens (tertiary/aromatic N) is 2. The van der Waals surface area contributed by atoms with Gasteiger partial charge in [-0.05, 0) is 53.9 Å². The van der Waals surface area contributed by atoms with Gasteiger partial charge in [0.2, 0.25) is 0 Å². The van der Waals surface area contributed by atoms with E-state index in [1.165, 1.54) is 0 Å². The smallest absolute Gasteiger partial charge is 0.191 e. The Balaban J connectivity index is 3.93. The predicted octanol–water partition coefficient (Wildman–Crippen LogP) is 2.49. The first-order chi connectivity index (χ1) is 12.0. The minimum absolute atomic E-state index is 0.585. The Morgan fingerprint density at radius 1 is 0.960 bits per heavy atom. The van der Waals surface area contributed by atoms with Crippen LogP contribution in [0.4, 0.5) is 0 Å². The lowest BCUT2D eigenvalue weighted by atomic mass is 10.2. The van der Waals surface area contributed by atoms with E-state index in [9.17, 15) is 0 Å². The van der Waals surface area contributed by atoms with E-state index in [4.69, 9.17) is 9.47 Å². The normalized spacial score (nSPS) is 12.4. The van der Waals surface area contributed by atoms with Crippen molar-refractivity contribution in [3.63, 3.8) is 0 Å². The highest BCUT2D eigenvalue weighted by Crippen LogP contribution is 2.05. The number of hydrogen-bond donors (Lipinski definition) is 2. The lowest BCUT2D eigenvalue weighted by Gasteiger charge is -2.30. The van der Waals surface area contributed by atoms with Crippen LogP contribution in [-0.2, 0) is 9.47 Å². The number of hydrogen-bond acceptors (Lipinski definition) is 4. The van der Waals surface area contributed by atoms with Crippen LogP contribution in [0.3, 0.4) is 0 Å². The summed E-state index contributed by atoms with van der Waals surface area (Å²) in [5.74, 6) is 0.920. The second-order valence-electron chi connectivity index (χ2n) is 6.78. The second kappa shape index (κ2) is 16.6. The number of methoxy groups -OCH3 is 1. The molecule has 0 aromatic carbocycles. The Hall–Kier alpha value is -0.850. The Labute approximate surface area is 155 Å². The molecule has 0 unspecified atom stereocenters. The van der Waals surface area contributed by atoms with E-state index in [1.54, 1.807) is 7.11 Å². The minimum atomic E-state index is 0.585. The van der Waals surface area contributed by atoms with Crippen LogP contribution >= 0.6 is 0 Å². The molecule has 150 valence electrons. The SMILES string of the molecule is CCNC(=NCCCN(C(C)C)C(C)C)NCCCCOCCOC. The molecule has 0 saturated carbocycles. The highest BCUT2D eigenvalue weighted by atomic mass is 16.5. The summed E-state index contributed by atoms with van der Waals surface area (Å²) >= 11 is 0. The van der Waals surface area contributed by atoms with Crippen molar-refractivity contribution in [2.75, 3.05) is 53.1 Å². The molecule has 0 aliphatic carbocycles. The molecule has 0 aromatic rings. The molecule has 0 fully saturated rings. The van der Waals surface area contributed by atoms with Gasteiger partial charge in [0.05, 0.1) is 13.2 Å². The van der Waals surface area contributed by atoms with Gasteiger partial charge in [-0.1, -0.05) is 0 Å². The molecule has 2 N–H and O–H groups in total. The third kappa shape index (κ3) is 14.0. The van der Waals surface area contributed by atoms with Crippen molar-refractivity contribution >= 4 is 5.96 Å². The van der Waals surface area contributed by atoms with Gasteiger partial charge in [-0.15, -0.1) is 0 Å². The zero-order chi connectivity index (χ0) is 18.9. The molecule has 0 saturated heterocycles. The quantitative estimate of drug-likeness (QED) is 0.268. The summed E-state index contributed by atoms with van der Waals surface area (Å²) in [5.41, 5.74) is 0. The standard InChI is InChI=1S/C19H42N4O2/c1-7-20-19(21-11-8-9-14-25-16-15-24-6)22-12-10-13-23(17(2)3)18(4)5/h17-18H,7-16H2,1-6H3,(H2,20,21,22). The van der Waals surface area contributed by atoms with E-state index < -0.39 is 0 Å². The van der Waals surface area contributed by atoms with Gasteiger partial charge in [-0.2, -0.15) is 0 Å². The van der Waals surface area contributed by atoms with Crippen LogP contribution in [-0.4, -0.2) is 76.1 Å². The largest absolute Gasteiger partial charge is 0.382 e. The average Bonchev–Trinajstić information content (AvgIpc) is 2.56. The Kier molecular flexibility index (Phi) is 16.0. The molecule has 6 heteroatoms. The van der Waals surface area contributed by atoms with Crippen molar-refractivity contribution in [1.29, 1.82) is 0 Å². The van der Waals surface area contributed by atoms with Gasteiger partial charge < -0.3 is 20.1 Å². The first-order valence-corrected chi connectivity index (χ1v) is 9.87. The summed E-state index contributed by atoms with van der Waals surface area (Å²) < 4.78 is 10.4. The van der Waals surface area contributed by atoms with Gasteiger partial charge in [0.1, 0.15) is 0 Å². The first-order valence-electron chi connectivity index (χ1n) is 9.87. The third-order valence-corrected chi connectivity index (χ3v) is 3.95. The van der Waals surface area contributed by atoms with E-state index in [0.29, 0.717) is 25.3 Å². The minimum Gasteiger partial charge on any atom is -0.382 e. The summed E-state index contributed by atoms with van der Waals surface area (Å²) in [6, 6.07) is 1.17. The fourth-order valence-corrected chi connectivity index (χ4v) is 2.68. The molecule has 0 amide bonds. The molecule has 0 aromatic heterocycles. The second-order valence-corrected chi connectivity index (χ2v) is 6.78. The molecule has 0 rings (SSSR count). The van der Waals surface area contributed by atoms with Crippen LogP contribution in [0.2, 0.25) is 0 Å². The number of nitrogens with one attached hydrogen (secondary N) is 2. The molecule has 0 bridgehead atoms. The van der Waals surface area contributed by atoms with Gasteiger partial charge in [0.15, 0.2) is 5.96 Å². The molecule has 0 atom stereocenters. The molecular weight excluding hydrogens is 316 g/mol. The maximum atomic E-state index is 5.47. The fourth-order valence-electron chi connectivity index (χ4n) is 2.68. The molecule has 0 aliphatic rings. The molecule has 25 heavy (non-hydrogen) atoms. The van der Waals surface area contributed by atoms with Crippen LogP contribution in [0.5, 0.6) is 0 Å². The summed E-state index contributed by atoms with van der Waals surface area (Å²) in [6.45, 7) is 17.0. The number of aliphatic imine (C=N–C) groups is 1. The van der Waals surface area contributed by atoms with E-state index in [-0.39, 0.29) is 0 Å². The Morgan fingerprint density at radius 2 is 1.68 bits per heavy atom. The van der Waals surface area contributed by atoms with Gasteiger partial charge in [0, 0.05) is 52.0 Å². The Bertz CT molecular complexity index is 315. The number of guanidine groups is 1. The summed E-state index contributed by atoms with van der Waals surface area (Å²) in [7, 11) is 1.69. The first kappa shape index (κ1) is 24.1. The highest BCUT2D eigenvalue weighted by molar-refractivity contribution is 5.79. The molecule has 0 aliphatic heterocycles. The van der Waals surface area contributed by atoms with Crippen LogP contribution in [0.1, 0.15) is 53.9 Å². The summed E-state index contributed by atoms with van der Waals surface area (Å²) in [6.07, 6.45) is 3.21. The maximum Gasteiger partial charge on any atom is 0.191 e. The van der Waals surface area contributed by atoms with Crippen molar-refractivity contribution < 1.29 is 9.47 Å². The highest BCUT2D eigenvalue weighted by Gasteiger charge is 2.12. The Morgan fingerprint density at radius 3 is 2.28 bits per heavy atom. The molecule has 6 nitrogen and oxygen atoms in total. The lowest BCUT2D eigenvalue weighted by Crippen LogP contribution is -2.39. The number of rotatable bonds is 15. The topological polar surface area (TPSA) is 58.1 Å². The molecule has 0 spiro atoms. The third-order valence-electron chi connectivity index (χ3n) is 3.95. The maximum absolute atomic E-state index is 5.47. The molecule has 0 heterocycles. The van der Waals surface area contributed by atoms with E-state index in [0.717, 1.165) is 58.0 Å². The van der Waals surface area contributed by atoms with Gasteiger partial charge >= 0.3 is 0 Å². The molecular formula is C19H42N4O2. The zero-order valence-corrected chi connectivity index (χ0v) is 17.4. The van der Waals surface area contributed by atoms with Crippen molar-refractivity contribution in [2.24, 2.45) is 4.99 Å². The monoisotopic (exact) mass is 358 g/mol. The molecule has 0 radical (unpaired) electrons. The summed E-state index contributed by atoms with van der Waals surface area (Å²) in [4.78, 5) is 7.20. The lowest BCUT2D eigenvalue weighted by molar-refractivity contribution is 0.0689. The van der Waals surface area contributed by atoms with Crippen LogP contribution < -0.4 is 10.6 Å². The number of unbranched alkanes of at least 4 members (excludes halogenated alkanes) is 1. The van der Waals surface area contributed by atoms with Crippen molar-refractivity contribution in [3.05, 3.63) is 0 Å². The van der Waals surface area contributed by atoms with E-state index >= 15 is 0 Å². The van der Waals surface area contributed by atoms with Gasteiger partial charge in [0.25, 0.3) is 0 Å². The van der Waals surface area contributed by atoms with Crippen molar-refractivity contribution in [1.82, 2.24) is 15.5 Å². The van der Waals surface area contributed by atoms with Gasteiger partial charge in [-0.3, -0.25) is 9.89 Å². The van der Waals surface area contributed by atoms with Crippen LogP contribution in [0, 0.1) is 0 Å². The predicted molar refractivity (Wildman–Crippen MR) is 108 cm³/mol. The zero-order valence-electron chi connectivity index (χ0n) is 17.4. The van der Waals surface area contributed by atoms with Crippen LogP contribution in [0.15, 0.2) is 4.99 Å². The number of ether oxygens (including phenoxy) is 2. The van der Waals surface area contributed by atoms with Crippen LogP contribution in [0.25, 0.3) is 0 Å². The van der Waals surface area contributed by atoms with Crippen molar-refractivity contribution in [3.8, 4) is 0 Å².